The van der Waals surface area contributed by atoms with Crippen LogP contribution in [0.1, 0.15) is 4.88 Å². The molecule has 0 atom stereocenters. The van der Waals surface area contributed by atoms with Gasteiger partial charge in [0.2, 0.25) is 5.91 Å². The number of amides is 1. The van der Waals surface area contributed by atoms with Gasteiger partial charge in [-0.05, 0) is 13.0 Å². The van der Waals surface area contributed by atoms with Gasteiger partial charge in [-0.1, -0.05) is 42.1 Å². The lowest BCUT2D eigenvalue weighted by Gasteiger charge is -2.03. The Morgan fingerprint density at radius 3 is 2.71 bits per heavy atom. The summed E-state index contributed by atoms with van der Waals surface area (Å²) in [6, 6.07) is 12.0. The highest BCUT2D eigenvalue weighted by Crippen LogP contribution is 2.27. The third-order valence-corrected chi connectivity index (χ3v) is 6.62. The number of rotatable bonds is 6. The number of carbonyl (C=O) groups excluding carboxylic acids is 1. The lowest BCUT2D eigenvalue weighted by Crippen LogP contribution is -2.14. The first-order chi connectivity index (χ1) is 13.6. The molecule has 4 aromatic rings. The maximum atomic E-state index is 12.3. The van der Waals surface area contributed by atoms with Gasteiger partial charge in [-0.15, -0.1) is 32.9 Å². The number of anilines is 1. The van der Waals surface area contributed by atoms with E-state index in [1.807, 2.05) is 47.3 Å². The van der Waals surface area contributed by atoms with E-state index in [1.165, 1.54) is 28.0 Å². The predicted molar refractivity (Wildman–Crippen MR) is 116 cm³/mol. The number of nitrogens with one attached hydrogen (secondary N) is 1. The van der Waals surface area contributed by atoms with E-state index in [0.717, 1.165) is 22.6 Å². The van der Waals surface area contributed by atoms with E-state index in [1.54, 1.807) is 11.3 Å². The van der Waals surface area contributed by atoms with Crippen LogP contribution in [0.3, 0.4) is 0 Å². The molecule has 0 radical (unpaired) electrons. The van der Waals surface area contributed by atoms with Crippen molar-refractivity contribution in [1.82, 2.24) is 19.7 Å². The summed E-state index contributed by atoms with van der Waals surface area (Å²) >= 11 is 4.45. The van der Waals surface area contributed by atoms with Gasteiger partial charge in [-0.2, -0.15) is 0 Å². The van der Waals surface area contributed by atoms with E-state index in [0.29, 0.717) is 10.3 Å². The summed E-state index contributed by atoms with van der Waals surface area (Å²) in [5.74, 6) is 0.934. The monoisotopic (exact) mass is 427 g/mol. The van der Waals surface area contributed by atoms with Gasteiger partial charge in [-0.25, -0.2) is 4.98 Å². The Labute approximate surface area is 174 Å². The molecule has 0 spiro atoms. The summed E-state index contributed by atoms with van der Waals surface area (Å²) in [5, 5.41) is 16.6. The lowest BCUT2D eigenvalue weighted by atomic mass is 10.2. The number of benzene rings is 1. The fraction of sp³-hybridized carbons (Fsp3) is 0.158. The third-order valence-electron chi connectivity index (χ3n) is 3.98. The van der Waals surface area contributed by atoms with E-state index in [2.05, 4.69) is 38.9 Å². The molecule has 0 bridgehead atoms. The van der Waals surface area contributed by atoms with E-state index in [4.69, 9.17) is 0 Å². The lowest BCUT2D eigenvalue weighted by molar-refractivity contribution is -0.113. The van der Waals surface area contributed by atoms with Crippen LogP contribution >= 0.6 is 34.4 Å². The number of thiophene rings is 1. The van der Waals surface area contributed by atoms with Crippen molar-refractivity contribution in [2.24, 2.45) is 7.05 Å². The van der Waals surface area contributed by atoms with Crippen molar-refractivity contribution in [3.63, 3.8) is 0 Å². The van der Waals surface area contributed by atoms with Crippen LogP contribution in [-0.2, 0) is 11.8 Å². The maximum Gasteiger partial charge on any atom is 0.236 e. The van der Waals surface area contributed by atoms with E-state index in [9.17, 15) is 4.79 Å². The zero-order chi connectivity index (χ0) is 19.5. The van der Waals surface area contributed by atoms with Gasteiger partial charge >= 0.3 is 0 Å². The average molecular weight is 428 g/mol. The largest absolute Gasteiger partial charge is 0.305 e. The Balaban J connectivity index is 1.36. The first-order valence-corrected chi connectivity index (χ1v) is 11.2. The quantitative estimate of drug-likeness (QED) is 0.451. The molecule has 142 valence electrons. The zero-order valence-corrected chi connectivity index (χ0v) is 17.7. The van der Waals surface area contributed by atoms with Gasteiger partial charge in [0.25, 0.3) is 0 Å². The van der Waals surface area contributed by atoms with Crippen molar-refractivity contribution in [3.8, 4) is 22.6 Å². The average Bonchev–Trinajstić information content (AvgIpc) is 3.41. The molecule has 0 aliphatic heterocycles. The molecule has 4 rings (SSSR count). The molecule has 3 aromatic heterocycles. The number of aryl methyl sites for hydroxylation is 1. The Kier molecular flexibility index (Phi) is 5.56. The highest BCUT2D eigenvalue weighted by atomic mass is 32.2. The second kappa shape index (κ2) is 8.26. The standard InChI is InChI=1S/C19H17N5OS3/c1-12-8-14(9-26-12)17-22-23-19(24(17)2)28-11-16(25)21-18-20-15(10-27-18)13-6-4-3-5-7-13/h3-10H,11H2,1-2H3,(H,20,21,25). The van der Waals surface area contributed by atoms with Gasteiger partial charge in [-0.3, -0.25) is 4.79 Å². The minimum absolute atomic E-state index is 0.116. The second-order valence-corrected chi connectivity index (χ2v) is 8.97. The summed E-state index contributed by atoms with van der Waals surface area (Å²) in [6.45, 7) is 2.06. The first-order valence-electron chi connectivity index (χ1n) is 8.48. The number of carbonyl (C=O) groups is 1. The zero-order valence-electron chi connectivity index (χ0n) is 15.2. The van der Waals surface area contributed by atoms with E-state index < -0.39 is 0 Å². The molecular weight excluding hydrogens is 410 g/mol. The Morgan fingerprint density at radius 1 is 1.14 bits per heavy atom. The van der Waals surface area contributed by atoms with Gasteiger partial charge in [0.15, 0.2) is 16.1 Å². The number of thioether (sulfide) groups is 1. The Bertz CT molecular complexity index is 1100. The smallest absolute Gasteiger partial charge is 0.236 e. The van der Waals surface area contributed by atoms with Crippen molar-refractivity contribution in [3.05, 3.63) is 52.0 Å². The van der Waals surface area contributed by atoms with E-state index >= 15 is 0 Å². The van der Waals surface area contributed by atoms with Crippen LogP contribution in [0.25, 0.3) is 22.6 Å². The molecule has 3 heterocycles. The number of thiazole rings is 1. The van der Waals surface area contributed by atoms with Gasteiger partial charge in [0.1, 0.15) is 0 Å². The second-order valence-electron chi connectivity index (χ2n) is 6.05. The molecule has 0 aliphatic rings. The van der Waals surface area contributed by atoms with Crippen molar-refractivity contribution in [2.75, 3.05) is 11.1 Å². The number of nitrogens with zero attached hydrogens (tertiary/aromatic N) is 4. The van der Waals surface area contributed by atoms with Crippen molar-refractivity contribution in [2.45, 2.75) is 12.1 Å². The molecule has 0 saturated heterocycles. The minimum atomic E-state index is -0.116. The number of hydrogen-bond donors (Lipinski definition) is 1. The van der Waals surface area contributed by atoms with Crippen molar-refractivity contribution in [1.29, 1.82) is 0 Å². The molecule has 1 amide bonds. The van der Waals surface area contributed by atoms with Crippen LogP contribution in [0.5, 0.6) is 0 Å². The summed E-state index contributed by atoms with van der Waals surface area (Å²) in [4.78, 5) is 18.0. The fourth-order valence-electron chi connectivity index (χ4n) is 2.61. The van der Waals surface area contributed by atoms with Crippen molar-refractivity contribution < 1.29 is 4.79 Å². The number of aromatic nitrogens is 4. The van der Waals surface area contributed by atoms with Crippen molar-refractivity contribution >= 4 is 45.5 Å². The van der Waals surface area contributed by atoms with Gasteiger partial charge in [0, 0.05) is 33.8 Å². The van der Waals surface area contributed by atoms with Crippen LogP contribution in [0.4, 0.5) is 5.13 Å². The summed E-state index contributed by atoms with van der Waals surface area (Å²) in [7, 11) is 1.91. The molecule has 0 saturated carbocycles. The summed E-state index contributed by atoms with van der Waals surface area (Å²) in [5.41, 5.74) is 2.94. The maximum absolute atomic E-state index is 12.3. The van der Waals surface area contributed by atoms with Crippen LogP contribution in [0.2, 0.25) is 0 Å². The molecule has 28 heavy (non-hydrogen) atoms. The van der Waals surface area contributed by atoms with Crippen LogP contribution in [0, 0.1) is 6.92 Å². The molecule has 0 fully saturated rings. The molecule has 0 aliphatic carbocycles. The molecule has 0 unspecified atom stereocenters. The van der Waals surface area contributed by atoms with Crippen LogP contribution < -0.4 is 5.32 Å². The topological polar surface area (TPSA) is 72.7 Å². The molecular formula is C19H17N5OS3. The van der Waals surface area contributed by atoms with E-state index in [-0.39, 0.29) is 11.7 Å². The Morgan fingerprint density at radius 2 is 1.96 bits per heavy atom. The highest BCUT2D eigenvalue weighted by molar-refractivity contribution is 7.99. The number of hydrogen-bond acceptors (Lipinski definition) is 7. The van der Waals surface area contributed by atoms with Crippen LogP contribution in [-0.4, -0.2) is 31.4 Å². The summed E-state index contributed by atoms with van der Waals surface area (Å²) in [6.07, 6.45) is 0. The minimum Gasteiger partial charge on any atom is -0.305 e. The highest BCUT2D eigenvalue weighted by Gasteiger charge is 2.14. The predicted octanol–water partition coefficient (Wildman–Crippen LogP) is 4.71. The molecule has 6 nitrogen and oxygen atoms in total. The van der Waals surface area contributed by atoms with Crippen LogP contribution in [0.15, 0.2) is 52.3 Å². The normalized spacial score (nSPS) is 10.9. The fourth-order valence-corrected chi connectivity index (χ4v) is 4.74. The third kappa shape index (κ3) is 4.16. The summed E-state index contributed by atoms with van der Waals surface area (Å²) < 4.78 is 1.91. The molecule has 9 heteroatoms. The first kappa shape index (κ1) is 18.9. The molecule has 1 aromatic carbocycles. The molecule has 1 N–H and O–H groups in total. The Hall–Kier alpha value is -2.49. The van der Waals surface area contributed by atoms with Gasteiger partial charge < -0.3 is 9.88 Å². The SMILES string of the molecule is Cc1cc(-c2nnc(SCC(=O)Nc3nc(-c4ccccc4)cs3)n2C)cs1. The van der Waals surface area contributed by atoms with Gasteiger partial charge in [0.05, 0.1) is 11.4 Å².